The Hall–Kier alpha value is -2.17. The van der Waals surface area contributed by atoms with E-state index in [4.69, 9.17) is 9.84 Å². The normalized spacial score (nSPS) is 19.8. The quantitative estimate of drug-likeness (QED) is 0.802. The number of aliphatic carboxylic acids is 1. The molecular weight excluding hydrogens is 302 g/mol. The van der Waals surface area contributed by atoms with Crippen LogP contribution in [0.1, 0.15) is 23.1 Å². The predicted molar refractivity (Wildman–Crippen MR) is 92.0 cm³/mol. The van der Waals surface area contributed by atoms with Gasteiger partial charge < -0.3 is 9.84 Å². The smallest absolute Gasteiger partial charge is 0.305 e. The Kier molecular flexibility index (Phi) is 4.08. The van der Waals surface area contributed by atoms with E-state index in [1.165, 1.54) is 27.8 Å². The summed E-state index contributed by atoms with van der Waals surface area (Å²) in [5, 5.41) is 9.09. The Balaban J connectivity index is 1.53. The molecule has 2 aromatic rings. The van der Waals surface area contributed by atoms with E-state index in [-0.39, 0.29) is 12.5 Å². The van der Waals surface area contributed by atoms with Crippen molar-refractivity contribution >= 4 is 5.97 Å². The van der Waals surface area contributed by atoms with Crippen LogP contribution in [0.2, 0.25) is 0 Å². The Morgan fingerprint density at radius 2 is 2.00 bits per heavy atom. The predicted octanol–water partition coefficient (Wildman–Crippen LogP) is 2.93. The molecule has 1 aliphatic carbocycles. The van der Waals surface area contributed by atoms with Crippen LogP contribution in [-0.4, -0.2) is 41.8 Å². The second-order valence-electron chi connectivity index (χ2n) is 6.62. The van der Waals surface area contributed by atoms with Gasteiger partial charge in [0.2, 0.25) is 0 Å². The van der Waals surface area contributed by atoms with E-state index >= 15 is 0 Å². The first-order chi connectivity index (χ1) is 11.7. The molecule has 1 saturated heterocycles. The number of nitrogens with zero attached hydrogens (tertiary/aromatic N) is 1. The fourth-order valence-corrected chi connectivity index (χ4v) is 3.82. The summed E-state index contributed by atoms with van der Waals surface area (Å²) in [6.07, 6.45) is 1.12. The number of hydrogen-bond acceptors (Lipinski definition) is 3. The molecule has 0 saturated carbocycles. The molecule has 1 heterocycles. The Bertz CT molecular complexity index is 771. The molecule has 4 heteroatoms. The zero-order valence-corrected chi connectivity index (χ0v) is 13.6. The van der Waals surface area contributed by atoms with Crippen LogP contribution in [0.4, 0.5) is 0 Å². The minimum atomic E-state index is -0.764. The summed E-state index contributed by atoms with van der Waals surface area (Å²) in [5.41, 5.74) is 6.68. The summed E-state index contributed by atoms with van der Waals surface area (Å²) < 4.78 is 5.46. The summed E-state index contributed by atoms with van der Waals surface area (Å²) in [6, 6.07) is 15.2. The lowest BCUT2D eigenvalue weighted by atomic mass is 10.0. The van der Waals surface area contributed by atoms with Crippen LogP contribution < -0.4 is 0 Å². The highest BCUT2D eigenvalue weighted by Crippen LogP contribution is 2.36. The van der Waals surface area contributed by atoms with Crippen LogP contribution in [-0.2, 0) is 22.5 Å². The minimum Gasteiger partial charge on any atom is -0.481 e. The summed E-state index contributed by atoms with van der Waals surface area (Å²) in [5.74, 6) is -0.764. The van der Waals surface area contributed by atoms with Crippen molar-refractivity contribution in [2.45, 2.75) is 25.4 Å². The van der Waals surface area contributed by atoms with Crippen molar-refractivity contribution in [3.05, 3.63) is 59.2 Å². The van der Waals surface area contributed by atoms with E-state index in [1.54, 1.807) is 0 Å². The van der Waals surface area contributed by atoms with Gasteiger partial charge in [-0.2, -0.15) is 0 Å². The molecular formula is C20H21NO3. The number of rotatable bonds is 4. The first-order valence-corrected chi connectivity index (χ1v) is 8.44. The zero-order valence-electron chi connectivity index (χ0n) is 13.6. The largest absolute Gasteiger partial charge is 0.481 e. The number of hydrogen-bond donors (Lipinski definition) is 1. The van der Waals surface area contributed by atoms with Crippen LogP contribution in [0.25, 0.3) is 11.1 Å². The number of carboxylic acid groups (broad SMARTS) is 1. The molecule has 1 atom stereocenters. The highest BCUT2D eigenvalue weighted by molar-refractivity contribution is 5.76. The Morgan fingerprint density at radius 3 is 2.88 bits per heavy atom. The maximum atomic E-state index is 11.1. The summed E-state index contributed by atoms with van der Waals surface area (Å²) in [7, 11) is 0. The third-order valence-corrected chi connectivity index (χ3v) is 5.00. The molecule has 0 bridgehead atoms. The number of fused-ring (bicyclic) bond motifs is 3. The molecule has 1 aliphatic heterocycles. The van der Waals surface area contributed by atoms with Crippen molar-refractivity contribution in [2.24, 2.45) is 0 Å². The van der Waals surface area contributed by atoms with Gasteiger partial charge in [0.25, 0.3) is 0 Å². The molecule has 0 amide bonds. The van der Waals surface area contributed by atoms with Crippen LogP contribution in [0, 0.1) is 0 Å². The second-order valence-corrected chi connectivity index (χ2v) is 6.62. The Morgan fingerprint density at radius 1 is 1.17 bits per heavy atom. The minimum absolute atomic E-state index is 0.0401. The topological polar surface area (TPSA) is 49.8 Å². The van der Waals surface area contributed by atoms with E-state index in [0.29, 0.717) is 13.2 Å². The molecule has 24 heavy (non-hydrogen) atoms. The average molecular weight is 323 g/mol. The zero-order chi connectivity index (χ0) is 16.5. The first-order valence-electron chi connectivity index (χ1n) is 8.44. The second kappa shape index (κ2) is 6.38. The van der Waals surface area contributed by atoms with E-state index in [2.05, 4.69) is 47.4 Å². The average Bonchev–Trinajstić information content (AvgIpc) is 2.94. The number of benzene rings is 2. The van der Waals surface area contributed by atoms with Gasteiger partial charge in [-0.1, -0.05) is 42.5 Å². The van der Waals surface area contributed by atoms with Gasteiger partial charge in [0.15, 0.2) is 0 Å². The number of ether oxygens (including phenoxy) is 1. The highest BCUT2D eigenvalue weighted by Gasteiger charge is 2.26. The van der Waals surface area contributed by atoms with Gasteiger partial charge in [0.05, 0.1) is 19.6 Å². The van der Waals surface area contributed by atoms with Gasteiger partial charge >= 0.3 is 5.97 Å². The van der Waals surface area contributed by atoms with Crippen LogP contribution in [0.15, 0.2) is 42.5 Å². The molecule has 4 rings (SSSR count). The maximum Gasteiger partial charge on any atom is 0.305 e. The monoisotopic (exact) mass is 323 g/mol. The van der Waals surface area contributed by atoms with Crippen molar-refractivity contribution in [1.29, 1.82) is 0 Å². The molecule has 124 valence electrons. The van der Waals surface area contributed by atoms with E-state index in [9.17, 15) is 4.79 Å². The molecule has 2 aromatic carbocycles. The van der Waals surface area contributed by atoms with Crippen LogP contribution in [0.5, 0.6) is 0 Å². The molecule has 0 radical (unpaired) electrons. The number of morpholine rings is 1. The van der Waals surface area contributed by atoms with Crippen molar-refractivity contribution < 1.29 is 14.6 Å². The van der Waals surface area contributed by atoms with Crippen LogP contribution in [0.3, 0.4) is 0 Å². The fourth-order valence-electron chi connectivity index (χ4n) is 3.82. The van der Waals surface area contributed by atoms with Crippen molar-refractivity contribution in [1.82, 2.24) is 4.90 Å². The third-order valence-electron chi connectivity index (χ3n) is 5.00. The van der Waals surface area contributed by atoms with Gasteiger partial charge in [-0.15, -0.1) is 0 Å². The van der Waals surface area contributed by atoms with Crippen molar-refractivity contribution in [2.75, 3.05) is 19.8 Å². The summed E-state index contributed by atoms with van der Waals surface area (Å²) in [4.78, 5) is 13.3. The lowest BCUT2D eigenvalue weighted by molar-refractivity contribution is -0.140. The SMILES string of the molecule is O=C(O)C[C@@H]1COCCN1Cc1ccc2c(c1)Cc1ccccc1-2. The number of carbonyl (C=O) groups is 1. The fraction of sp³-hybridized carbons (Fsp3) is 0.350. The van der Waals surface area contributed by atoms with Crippen molar-refractivity contribution in [3.8, 4) is 11.1 Å². The molecule has 0 aromatic heterocycles. The molecule has 0 spiro atoms. The van der Waals surface area contributed by atoms with E-state index < -0.39 is 5.97 Å². The molecule has 0 unspecified atom stereocenters. The molecule has 1 N–H and O–H groups in total. The Labute approximate surface area is 141 Å². The third kappa shape index (κ3) is 2.95. The lowest BCUT2D eigenvalue weighted by Gasteiger charge is -2.34. The summed E-state index contributed by atoms with van der Waals surface area (Å²) in [6.45, 7) is 2.75. The van der Waals surface area contributed by atoms with Gasteiger partial charge in [-0.25, -0.2) is 0 Å². The summed E-state index contributed by atoms with van der Waals surface area (Å²) >= 11 is 0. The van der Waals surface area contributed by atoms with Gasteiger partial charge in [0, 0.05) is 19.1 Å². The standard InChI is InChI=1S/C20H21NO3/c22-20(23)11-17-13-24-8-7-21(17)12-14-5-6-19-16(9-14)10-15-3-1-2-4-18(15)19/h1-6,9,17H,7-8,10-13H2,(H,22,23)/t17-/m1/s1. The lowest BCUT2D eigenvalue weighted by Crippen LogP contribution is -2.45. The molecule has 4 nitrogen and oxygen atoms in total. The van der Waals surface area contributed by atoms with Gasteiger partial charge in [-0.05, 0) is 34.2 Å². The first kappa shape index (κ1) is 15.4. The molecule has 1 fully saturated rings. The van der Waals surface area contributed by atoms with Crippen LogP contribution >= 0.6 is 0 Å². The van der Waals surface area contributed by atoms with E-state index in [1.807, 2.05) is 0 Å². The maximum absolute atomic E-state index is 11.1. The van der Waals surface area contributed by atoms with Gasteiger partial charge in [-0.3, -0.25) is 9.69 Å². The molecule has 2 aliphatic rings. The number of carboxylic acids is 1. The highest BCUT2D eigenvalue weighted by atomic mass is 16.5. The van der Waals surface area contributed by atoms with E-state index in [0.717, 1.165) is 19.5 Å². The van der Waals surface area contributed by atoms with Crippen molar-refractivity contribution in [3.63, 3.8) is 0 Å². The van der Waals surface area contributed by atoms with Gasteiger partial charge in [0.1, 0.15) is 0 Å².